The highest BCUT2D eigenvalue weighted by atomic mass is 16.5. The third-order valence-electron chi connectivity index (χ3n) is 3.32. The van der Waals surface area contributed by atoms with E-state index < -0.39 is 6.23 Å². The van der Waals surface area contributed by atoms with Crippen LogP contribution in [0.4, 0.5) is 0 Å². The van der Waals surface area contributed by atoms with Crippen molar-refractivity contribution in [1.82, 2.24) is 14.7 Å². The van der Waals surface area contributed by atoms with Gasteiger partial charge in [0.15, 0.2) is 0 Å². The van der Waals surface area contributed by atoms with E-state index in [1.165, 1.54) is 0 Å². The van der Waals surface area contributed by atoms with Crippen molar-refractivity contribution in [2.75, 3.05) is 67.1 Å². The molecule has 5 heteroatoms. The van der Waals surface area contributed by atoms with Gasteiger partial charge in [-0.3, -0.25) is 4.90 Å². The van der Waals surface area contributed by atoms with Crippen LogP contribution in [0.1, 0.15) is 13.8 Å². The second-order valence-corrected chi connectivity index (χ2v) is 4.74. The molecular weight excluding hydrogens is 230 g/mol. The summed E-state index contributed by atoms with van der Waals surface area (Å²) in [6, 6.07) is 0. The maximum Gasteiger partial charge on any atom is 0.120 e. The highest BCUT2D eigenvalue weighted by Gasteiger charge is 2.13. The van der Waals surface area contributed by atoms with Gasteiger partial charge >= 0.3 is 0 Å². The van der Waals surface area contributed by atoms with E-state index in [1.807, 2.05) is 19.0 Å². The molecule has 0 spiro atoms. The van der Waals surface area contributed by atoms with Gasteiger partial charge in [-0.05, 0) is 27.2 Å². The lowest BCUT2D eigenvalue weighted by Crippen LogP contribution is -2.44. The second-order valence-electron chi connectivity index (χ2n) is 4.74. The molecule has 0 saturated carbocycles. The quantitative estimate of drug-likeness (QED) is 0.536. The van der Waals surface area contributed by atoms with Gasteiger partial charge in [0.25, 0.3) is 0 Å². The Kier molecular flexibility index (Phi) is 10.6. The van der Waals surface area contributed by atoms with Crippen molar-refractivity contribution in [3.05, 3.63) is 0 Å². The molecule has 0 fully saturated rings. The van der Waals surface area contributed by atoms with Crippen molar-refractivity contribution in [3.8, 4) is 0 Å². The standard InChI is InChI=1S/C13H31N3O2/c1-6-16(7-2)9-8-15(4)13(17)12-14(3)10-11-18-5/h13,17H,6-12H2,1-5H3. The van der Waals surface area contributed by atoms with Crippen LogP contribution < -0.4 is 0 Å². The van der Waals surface area contributed by atoms with Crippen molar-refractivity contribution in [2.24, 2.45) is 0 Å². The van der Waals surface area contributed by atoms with Crippen LogP contribution in [0.3, 0.4) is 0 Å². The monoisotopic (exact) mass is 261 g/mol. The van der Waals surface area contributed by atoms with E-state index in [0.717, 1.165) is 32.7 Å². The maximum absolute atomic E-state index is 10.1. The fraction of sp³-hybridized carbons (Fsp3) is 1.00. The lowest BCUT2D eigenvalue weighted by molar-refractivity contribution is -0.00787. The normalized spacial score (nSPS) is 13.8. The number of hydrogen-bond acceptors (Lipinski definition) is 5. The van der Waals surface area contributed by atoms with Gasteiger partial charge in [0, 0.05) is 33.3 Å². The van der Waals surface area contributed by atoms with Crippen LogP contribution >= 0.6 is 0 Å². The summed E-state index contributed by atoms with van der Waals surface area (Å²) < 4.78 is 5.02. The molecule has 0 bridgehead atoms. The van der Waals surface area contributed by atoms with Gasteiger partial charge in [-0.1, -0.05) is 13.8 Å². The van der Waals surface area contributed by atoms with Crippen molar-refractivity contribution >= 4 is 0 Å². The Morgan fingerprint density at radius 3 is 2.17 bits per heavy atom. The molecule has 0 aliphatic rings. The summed E-state index contributed by atoms with van der Waals surface area (Å²) in [5, 5.41) is 10.1. The first-order chi connectivity index (χ1) is 8.54. The van der Waals surface area contributed by atoms with Crippen LogP contribution in [0.15, 0.2) is 0 Å². The van der Waals surface area contributed by atoms with Crippen molar-refractivity contribution in [3.63, 3.8) is 0 Å². The lowest BCUT2D eigenvalue weighted by Gasteiger charge is -2.29. The molecule has 0 aromatic rings. The minimum atomic E-state index is -0.414. The molecule has 0 radical (unpaired) electrons. The first-order valence-corrected chi connectivity index (χ1v) is 6.83. The summed E-state index contributed by atoms with van der Waals surface area (Å²) >= 11 is 0. The zero-order valence-corrected chi connectivity index (χ0v) is 12.7. The number of ether oxygens (including phenoxy) is 1. The number of rotatable bonds is 11. The molecule has 0 rings (SSSR count). The van der Waals surface area contributed by atoms with E-state index in [-0.39, 0.29) is 0 Å². The van der Waals surface area contributed by atoms with Gasteiger partial charge in [0.2, 0.25) is 0 Å². The molecular formula is C13H31N3O2. The smallest absolute Gasteiger partial charge is 0.120 e. The number of hydrogen-bond donors (Lipinski definition) is 1. The van der Waals surface area contributed by atoms with Gasteiger partial charge < -0.3 is 19.6 Å². The van der Waals surface area contributed by atoms with Gasteiger partial charge in [0.1, 0.15) is 6.23 Å². The summed E-state index contributed by atoms with van der Waals surface area (Å²) in [5.41, 5.74) is 0. The Balaban J connectivity index is 3.83. The summed E-state index contributed by atoms with van der Waals surface area (Å²) in [6.07, 6.45) is -0.414. The topological polar surface area (TPSA) is 39.2 Å². The third kappa shape index (κ3) is 8.00. The zero-order chi connectivity index (χ0) is 14.0. The fourth-order valence-corrected chi connectivity index (χ4v) is 1.74. The average Bonchev–Trinajstić information content (AvgIpc) is 2.37. The fourth-order valence-electron chi connectivity index (χ4n) is 1.74. The highest BCUT2D eigenvalue weighted by Crippen LogP contribution is 1.97. The van der Waals surface area contributed by atoms with Crippen LogP contribution in [-0.4, -0.2) is 93.1 Å². The lowest BCUT2D eigenvalue weighted by atomic mass is 10.4. The molecule has 5 nitrogen and oxygen atoms in total. The molecule has 18 heavy (non-hydrogen) atoms. The predicted molar refractivity (Wildman–Crippen MR) is 75.8 cm³/mol. The Hall–Kier alpha value is -0.200. The Labute approximate surface area is 112 Å². The van der Waals surface area contributed by atoms with Gasteiger partial charge in [-0.2, -0.15) is 0 Å². The molecule has 0 amide bonds. The molecule has 1 N–H and O–H groups in total. The number of likely N-dealkylation sites (N-methyl/N-ethyl adjacent to an activating group) is 3. The number of nitrogens with zero attached hydrogens (tertiary/aromatic N) is 3. The largest absolute Gasteiger partial charge is 0.383 e. The maximum atomic E-state index is 10.1. The van der Waals surface area contributed by atoms with E-state index in [9.17, 15) is 5.11 Å². The van der Waals surface area contributed by atoms with Crippen molar-refractivity contribution < 1.29 is 9.84 Å². The molecule has 0 heterocycles. The Morgan fingerprint density at radius 2 is 1.67 bits per heavy atom. The molecule has 0 aromatic heterocycles. The summed E-state index contributed by atoms with van der Waals surface area (Å²) in [6.45, 7) is 10.5. The number of aliphatic hydroxyl groups excluding tert-OH is 1. The summed E-state index contributed by atoms with van der Waals surface area (Å²) in [5.74, 6) is 0. The molecule has 110 valence electrons. The van der Waals surface area contributed by atoms with E-state index in [0.29, 0.717) is 13.2 Å². The average molecular weight is 261 g/mol. The van der Waals surface area contributed by atoms with Crippen LogP contribution in [0.25, 0.3) is 0 Å². The molecule has 1 unspecified atom stereocenters. The number of aliphatic hydroxyl groups is 1. The van der Waals surface area contributed by atoms with Crippen LogP contribution in [-0.2, 0) is 4.74 Å². The Bertz CT molecular complexity index is 189. The first-order valence-electron chi connectivity index (χ1n) is 6.83. The van der Waals surface area contributed by atoms with Crippen LogP contribution in [0.5, 0.6) is 0 Å². The molecule has 0 aliphatic heterocycles. The third-order valence-corrected chi connectivity index (χ3v) is 3.32. The van der Waals surface area contributed by atoms with Crippen molar-refractivity contribution in [2.45, 2.75) is 20.1 Å². The molecule has 0 aliphatic carbocycles. The SMILES string of the molecule is CCN(CC)CCN(C)C(O)CN(C)CCOC. The van der Waals surface area contributed by atoms with E-state index >= 15 is 0 Å². The molecule has 1 atom stereocenters. The van der Waals surface area contributed by atoms with Gasteiger partial charge in [0.05, 0.1) is 6.61 Å². The summed E-state index contributed by atoms with van der Waals surface area (Å²) in [7, 11) is 5.67. The first kappa shape index (κ1) is 17.8. The van der Waals surface area contributed by atoms with Crippen molar-refractivity contribution in [1.29, 1.82) is 0 Å². The van der Waals surface area contributed by atoms with Gasteiger partial charge in [-0.15, -0.1) is 0 Å². The highest BCUT2D eigenvalue weighted by molar-refractivity contribution is 4.64. The minimum Gasteiger partial charge on any atom is -0.383 e. The van der Waals surface area contributed by atoms with E-state index in [2.05, 4.69) is 23.6 Å². The Morgan fingerprint density at radius 1 is 1.06 bits per heavy atom. The zero-order valence-electron chi connectivity index (χ0n) is 12.7. The minimum absolute atomic E-state index is 0.414. The van der Waals surface area contributed by atoms with E-state index in [4.69, 9.17) is 4.74 Å². The van der Waals surface area contributed by atoms with E-state index in [1.54, 1.807) is 7.11 Å². The summed E-state index contributed by atoms with van der Waals surface area (Å²) in [4.78, 5) is 6.45. The van der Waals surface area contributed by atoms with Gasteiger partial charge in [-0.25, -0.2) is 0 Å². The van der Waals surface area contributed by atoms with Crippen LogP contribution in [0.2, 0.25) is 0 Å². The van der Waals surface area contributed by atoms with Crippen LogP contribution in [0, 0.1) is 0 Å². The second kappa shape index (κ2) is 10.7. The predicted octanol–water partition coefficient (Wildman–Crippen LogP) is 0.157. The molecule has 0 saturated heterocycles. The number of methoxy groups -OCH3 is 1. The molecule has 0 aromatic carbocycles.